The number of aryl methyl sites for hydroxylation is 2. The van der Waals surface area contributed by atoms with Gasteiger partial charge in [0, 0.05) is 38.1 Å². The molecule has 0 spiro atoms. The first-order valence-corrected chi connectivity index (χ1v) is 18.4. The van der Waals surface area contributed by atoms with Crippen molar-refractivity contribution in [2.24, 2.45) is 5.92 Å². The van der Waals surface area contributed by atoms with Gasteiger partial charge in [0.1, 0.15) is 12.3 Å². The highest BCUT2D eigenvalue weighted by atomic mass is 35.5. The molecule has 0 unspecified atom stereocenters. The Kier molecular flexibility index (Phi) is 15.8. The number of hydrogen-bond acceptors (Lipinski definition) is 5. The van der Waals surface area contributed by atoms with Gasteiger partial charge >= 0.3 is 12.1 Å². The molecule has 3 heterocycles. The van der Waals surface area contributed by atoms with Crippen molar-refractivity contribution in [2.45, 2.75) is 103 Å². The molecule has 12 heteroatoms. The summed E-state index contributed by atoms with van der Waals surface area (Å²) in [6, 6.07) is 15.8. The van der Waals surface area contributed by atoms with Crippen LogP contribution in [-0.2, 0) is 41.9 Å². The third-order valence-electron chi connectivity index (χ3n) is 8.96. The molecule has 1 atom stereocenters. The molecule has 2 aliphatic heterocycles. The zero-order valence-corrected chi connectivity index (χ0v) is 29.5. The molecular weight excluding hydrogens is 669 g/mol. The zero-order chi connectivity index (χ0) is 35.8. The fourth-order valence-electron chi connectivity index (χ4n) is 6.41. The SMILES string of the molecule is ClCCCCCCCCCCc1ccccc1.O=C(O)C[C@@H]1Cc2ccc(OCCc3cn4c(n3)NCCC4)cc2CN(CC(F)(F)F)C1=O. The van der Waals surface area contributed by atoms with E-state index >= 15 is 0 Å². The van der Waals surface area contributed by atoms with Crippen molar-refractivity contribution in [3.63, 3.8) is 0 Å². The lowest BCUT2D eigenvalue weighted by Gasteiger charge is -2.25. The Morgan fingerprint density at radius 3 is 2.38 bits per heavy atom. The minimum atomic E-state index is -4.58. The highest BCUT2D eigenvalue weighted by Crippen LogP contribution is 2.30. The number of hydrogen-bond donors (Lipinski definition) is 2. The molecule has 0 bridgehead atoms. The average molecular weight is 719 g/mol. The molecule has 0 saturated heterocycles. The van der Waals surface area contributed by atoms with E-state index < -0.39 is 36.9 Å². The number of alkyl halides is 4. The second-order valence-electron chi connectivity index (χ2n) is 13.1. The molecule has 5 rings (SSSR count). The van der Waals surface area contributed by atoms with Crippen molar-refractivity contribution in [3.8, 4) is 5.75 Å². The topological polar surface area (TPSA) is 96.7 Å². The summed E-state index contributed by atoms with van der Waals surface area (Å²) in [5.74, 6) is -0.917. The average Bonchev–Trinajstić information content (AvgIpc) is 3.45. The predicted octanol–water partition coefficient (Wildman–Crippen LogP) is 8.45. The number of ether oxygens (including phenoxy) is 1. The number of benzene rings is 2. The van der Waals surface area contributed by atoms with Gasteiger partial charge in [0.2, 0.25) is 11.9 Å². The van der Waals surface area contributed by atoms with Gasteiger partial charge in [-0.1, -0.05) is 74.9 Å². The van der Waals surface area contributed by atoms with Crippen LogP contribution in [0.4, 0.5) is 19.1 Å². The molecule has 1 aromatic heterocycles. The highest BCUT2D eigenvalue weighted by molar-refractivity contribution is 6.17. The molecule has 2 N–H and O–H groups in total. The van der Waals surface area contributed by atoms with Crippen molar-refractivity contribution in [2.75, 3.05) is 30.9 Å². The second-order valence-corrected chi connectivity index (χ2v) is 13.5. The number of aromatic nitrogens is 2. The Morgan fingerprint density at radius 1 is 0.980 bits per heavy atom. The summed E-state index contributed by atoms with van der Waals surface area (Å²) in [4.78, 5) is 29.0. The number of amides is 1. The Labute approximate surface area is 298 Å². The number of fused-ring (bicyclic) bond motifs is 2. The summed E-state index contributed by atoms with van der Waals surface area (Å²) >= 11 is 5.64. The van der Waals surface area contributed by atoms with Crippen molar-refractivity contribution in [1.29, 1.82) is 0 Å². The Morgan fingerprint density at radius 2 is 1.70 bits per heavy atom. The van der Waals surface area contributed by atoms with E-state index in [9.17, 15) is 22.8 Å². The smallest absolute Gasteiger partial charge is 0.406 e. The van der Waals surface area contributed by atoms with Crippen molar-refractivity contribution < 1.29 is 32.6 Å². The fraction of sp³-hybridized carbons (Fsp3) is 0.553. The molecule has 50 heavy (non-hydrogen) atoms. The van der Waals surface area contributed by atoms with Gasteiger partial charge < -0.3 is 24.6 Å². The van der Waals surface area contributed by atoms with Gasteiger partial charge in [-0.15, -0.1) is 11.6 Å². The number of carbonyl (C=O) groups is 2. The number of carboxylic acids is 1. The lowest BCUT2D eigenvalue weighted by Crippen LogP contribution is -2.41. The maximum absolute atomic E-state index is 13.1. The molecule has 3 aromatic rings. The van der Waals surface area contributed by atoms with Crippen LogP contribution in [0.25, 0.3) is 0 Å². The third-order valence-corrected chi connectivity index (χ3v) is 9.23. The molecule has 1 amide bonds. The van der Waals surface area contributed by atoms with Crippen molar-refractivity contribution in [3.05, 3.63) is 77.1 Å². The van der Waals surface area contributed by atoms with Gasteiger partial charge in [-0.3, -0.25) is 9.59 Å². The number of carbonyl (C=O) groups excluding carboxylic acids is 1. The van der Waals surface area contributed by atoms with E-state index in [1.165, 1.54) is 63.4 Å². The summed E-state index contributed by atoms with van der Waals surface area (Å²) < 4.78 is 47.0. The quantitative estimate of drug-likeness (QED) is 0.107. The Hall–Kier alpha value is -3.73. The first-order chi connectivity index (χ1) is 24.1. The molecule has 2 aliphatic rings. The van der Waals surface area contributed by atoms with E-state index in [1.54, 1.807) is 18.2 Å². The predicted molar refractivity (Wildman–Crippen MR) is 190 cm³/mol. The van der Waals surface area contributed by atoms with Crippen molar-refractivity contribution >= 4 is 29.4 Å². The van der Waals surface area contributed by atoms with Crippen LogP contribution in [0.5, 0.6) is 5.75 Å². The molecule has 0 radical (unpaired) electrons. The molecule has 0 fully saturated rings. The number of anilines is 1. The van der Waals surface area contributed by atoms with E-state index in [4.69, 9.17) is 21.4 Å². The molecule has 2 aromatic carbocycles. The normalized spacial score (nSPS) is 15.6. The van der Waals surface area contributed by atoms with Gasteiger partial charge in [-0.05, 0) is 60.9 Å². The first kappa shape index (κ1) is 39.1. The second kappa shape index (κ2) is 20.2. The van der Waals surface area contributed by atoms with Crippen LogP contribution < -0.4 is 10.1 Å². The van der Waals surface area contributed by atoms with Gasteiger partial charge in [-0.25, -0.2) is 4.98 Å². The van der Waals surface area contributed by atoms with E-state index in [0.29, 0.717) is 34.8 Å². The van der Waals surface area contributed by atoms with Crippen LogP contribution in [0.3, 0.4) is 0 Å². The summed E-state index contributed by atoms with van der Waals surface area (Å²) in [6.07, 6.45) is 10.6. The minimum Gasteiger partial charge on any atom is -0.493 e. The molecular formula is C38H50ClF3N4O4. The number of nitrogens with zero attached hydrogens (tertiary/aromatic N) is 3. The number of aliphatic carboxylic acids is 1. The maximum Gasteiger partial charge on any atom is 0.406 e. The number of imidazole rings is 1. The number of unbranched alkanes of at least 4 members (excludes halogenated alkanes) is 7. The van der Waals surface area contributed by atoms with E-state index in [2.05, 4.69) is 45.2 Å². The fourth-order valence-corrected chi connectivity index (χ4v) is 6.60. The molecule has 0 saturated carbocycles. The monoisotopic (exact) mass is 718 g/mol. The largest absolute Gasteiger partial charge is 0.493 e. The van der Waals surface area contributed by atoms with Gasteiger partial charge in [0.25, 0.3) is 0 Å². The highest BCUT2D eigenvalue weighted by Gasteiger charge is 2.38. The van der Waals surface area contributed by atoms with Crippen molar-refractivity contribution in [1.82, 2.24) is 14.5 Å². The molecule has 274 valence electrons. The van der Waals surface area contributed by atoms with E-state index in [1.807, 2.05) is 6.20 Å². The minimum absolute atomic E-state index is 0.0717. The first-order valence-electron chi connectivity index (χ1n) is 17.8. The van der Waals surface area contributed by atoms with Crippen LogP contribution in [0.2, 0.25) is 0 Å². The maximum atomic E-state index is 13.1. The van der Waals surface area contributed by atoms with Crippen LogP contribution >= 0.6 is 11.6 Å². The molecule has 8 nitrogen and oxygen atoms in total. The standard InChI is InChI=1S/C22H25F3N4O4.C16H25Cl/c23-22(24,25)13-29-11-16-9-18(3-2-14(16)8-15(20(29)32)10-19(30)31)33-7-4-17-12-28-6-1-5-26-21(28)27-17;17-15-11-6-4-2-1-3-5-8-12-16-13-9-7-10-14-16/h2-3,9,12,15H,1,4-8,10-11,13H2,(H,26,27)(H,30,31);7,9-10,13-14H,1-6,8,11-12,15H2/t15-;/m0./s1. The van der Waals surface area contributed by atoms with Crippen LogP contribution in [0, 0.1) is 5.92 Å². The number of nitrogens with one attached hydrogen (secondary N) is 1. The summed E-state index contributed by atoms with van der Waals surface area (Å²) in [5, 5.41) is 12.3. The van der Waals surface area contributed by atoms with Gasteiger partial charge in [0.15, 0.2) is 0 Å². The zero-order valence-electron chi connectivity index (χ0n) is 28.7. The Balaban J connectivity index is 0.000000279. The van der Waals surface area contributed by atoms with Crippen LogP contribution in [-0.4, -0.2) is 63.2 Å². The van der Waals surface area contributed by atoms with E-state index in [-0.39, 0.29) is 13.0 Å². The van der Waals surface area contributed by atoms with Crippen LogP contribution in [0.1, 0.15) is 86.6 Å². The van der Waals surface area contributed by atoms with E-state index in [0.717, 1.165) is 37.0 Å². The third kappa shape index (κ3) is 13.5. The summed E-state index contributed by atoms with van der Waals surface area (Å²) in [7, 11) is 0. The lowest BCUT2D eigenvalue weighted by atomic mass is 9.94. The van der Waals surface area contributed by atoms with Crippen LogP contribution in [0.15, 0.2) is 54.7 Å². The number of rotatable bonds is 17. The number of halogens is 4. The molecule has 0 aliphatic carbocycles. The summed E-state index contributed by atoms with van der Waals surface area (Å²) in [5.41, 5.74) is 3.54. The summed E-state index contributed by atoms with van der Waals surface area (Å²) in [6.45, 7) is 0.467. The Bertz CT molecular complexity index is 1460. The lowest BCUT2D eigenvalue weighted by molar-refractivity contribution is -0.165. The number of carboxylic acid groups (broad SMARTS) is 1. The van der Waals surface area contributed by atoms with Gasteiger partial charge in [-0.2, -0.15) is 13.2 Å². The van der Waals surface area contributed by atoms with Gasteiger partial charge in [0.05, 0.1) is 24.6 Å².